The van der Waals surface area contributed by atoms with Crippen LogP contribution in [-0.2, 0) is 0 Å². The molecule has 1 unspecified atom stereocenters. The van der Waals surface area contributed by atoms with Gasteiger partial charge in [-0.15, -0.1) is 0 Å². The third kappa shape index (κ3) is 6.17. The Labute approximate surface area is 219 Å². The van der Waals surface area contributed by atoms with Gasteiger partial charge in [-0.1, -0.05) is 30.3 Å². The van der Waals surface area contributed by atoms with E-state index in [0.29, 0.717) is 22.7 Å². The predicted octanol–water partition coefficient (Wildman–Crippen LogP) is 4.32. The molecular formula is C30H35N5O2. The number of carbonyl (C=O) groups excluding carboxylic acids is 2. The van der Waals surface area contributed by atoms with Crippen LogP contribution in [0.3, 0.4) is 0 Å². The second-order valence-electron chi connectivity index (χ2n) is 10.1. The molecule has 2 aliphatic rings. The number of anilines is 2. The first-order chi connectivity index (χ1) is 18.1. The summed E-state index contributed by atoms with van der Waals surface area (Å²) in [6, 6.07) is 20.8. The Bertz CT molecular complexity index is 1210. The summed E-state index contributed by atoms with van der Waals surface area (Å²) in [5.41, 5.74) is 2.83. The lowest BCUT2D eigenvalue weighted by Crippen LogP contribution is -2.50. The van der Waals surface area contributed by atoms with Crippen LogP contribution in [0.4, 0.5) is 11.5 Å². The molecular weight excluding hydrogens is 462 g/mol. The van der Waals surface area contributed by atoms with Crippen molar-refractivity contribution in [2.45, 2.75) is 19.8 Å². The number of carbonyl (C=O) groups is 2. The molecule has 2 fully saturated rings. The molecule has 2 aromatic carbocycles. The molecule has 37 heavy (non-hydrogen) atoms. The van der Waals surface area contributed by atoms with E-state index in [0.717, 1.165) is 70.0 Å². The predicted molar refractivity (Wildman–Crippen MR) is 147 cm³/mol. The number of likely N-dealkylation sites (tertiary alicyclic amines) is 1. The van der Waals surface area contributed by atoms with Crippen molar-refractivity contribution in [1.29, 1.82) is 0 Å². The van der Waals surface area contributed by atoms with E-state index < -0.39 is 0 Å². The Morgan fingerprint density at radius 3 is 2.46 bits per heavy atom. The fourth-order valence-corrected chi connectivity index (χ4v) is 5.32. The molecule has 3 aromatic rings. The summed E-state index contributed by atoms with van der Waals surface area (Å²) in [5, 5.41) is 2.98. The third-order valence-corrected chi connectivity index (χ3v) is 7.44. The van der Waals surface area contributed by atoms with Crippen LogP contribution in [0.1, 0.15) is 39.1 Å². The molecule has 1 atom stereocenters. The van der Waals surface area contributed by atoms with E-state index >= 15 is 0 Å². The van der Waals surface area contributed by atoms with E-state index in [-0.39, 0.29) is 11.8 Å². The second kappa shape index (κ2) is 11.6. The average molecular weight is 498 g/mol. The van der Waals surface area contributed by atoms with Crippen LogP contribution in [0.2, 0.25) is 0 Å². The maximum Gasteiger partial charge on any atom is 0.255 e. The minimum atomic E-state index is -0.172. The number of benzene rings is 2. The minimum absolute atomic E-state index is 0.0416. The highest BCUT2D eigenvalue weighted by Crippen LogP contribution is 2.24. The number of aromatic nitrogens is 1. The number of piperidine rings is 1. The lowest BCUT2D eigenvalue weighted by Gasteiger charge is -2.39. The first kappa shape index (κ1) is 25.0. The monoisotopic (exact) mass is 497 g/mol. The van der Waals surface area contributed by atoms with Crippen molar-refractivity contribution < 1.29 is 9.59 Å². The maximum absolute atomic E-state index is 13.4. The highest BCUT2D eigenvalue weighted by atomic mass is 16.2. The number of aryl methyl sites for hydroxylation is 1. The van der Waals surface area contributed by atoms with Crippen LogP contribution >= 0.6 is 0 Å². The van der Waals surface area contributed by atoms with Crippen molar-refractivity contribution >= 4 is 23.3 Å². The van der Waals surface area contributed by atoms with Gasteiger partial charge in [-0.25, -0.2) is 4.98 Å². The number of nitrogens with one attached hydrogen (secondary N) is 1. The second-order valence-corrected chi connectivity index (χ2v) is 10.1. The van der Waals surface area contributed by atoms with Crippen molar-refractivity contribution in [3.63, 3.8) is 0 Å². The highest BCUT2D eigenvalue weighted by molar-refractivity contribution is 6.05. The van der Waals surface area contributed by atoms with Gasteiger partial charge in [-0.2, -0.15) is 0 Å². The average Bonchev–Trinajstić information content (AvgIpc) is 2.95. The Morgan fingerprint density at radius 2 is 1.70 bits per heavy atom. The number of rotatable bonds is 6. The molecule has 0 radical (unpaired) electrons. The van der Waals surface area contributed by atoms with E-state index in [4.69, 9.17) is 0 Å². The lowest BCUT2D eigenvalue weighted by molar-refractivity contribution is 0.0637. The fraction of sp³-hybridized carbons (Fsp3) is 0.367. The van der Waals surface area contributed by atoms with Gasteiger partial charge in [0.25, 0.3) is 11.8 Å². The van der Waals surface area contributed by atoms with Crippen molar-refractivity contribution in [3.05, 3.63) is 89.6 Å². The van der Waals surface area contributed by atoms with Gasteiger partial charge in [0.05, 0.1) is 0 Å². The number of hydrogen-bond acceptors (Lipinski definition) is 5. The normalized spacial score (nSPS) is 18.5. The molecule has 0 bridgehead atoms. The smallest absolute Gasteiger partial charge is 0.255 e. The van der Waals surface area contributed by atoms with Crippen molar-refractivity contribution in [2.75, 3.05) is 56.0 Å². The van der Waals surface area contributed by atoms with Gasteiger partial charge in [0, 0.05) is 68.8 Å². The van der Waals surface area contributed by atoms with E-state index in [1.54, 1.807) is 12.1 Å². The van der Waals surface area contributed by atoms with Crippen LogP contribution in [0.5, 0.6) is 0 Å². The summed E-state index contributed by atoms with van der Waals surface area (Å²) < 4.78 is 0. The lowest BCUT2D eigenvalue weighted by atomic mass is 9.96. The number of nitrogens with zero attached hydrogens (tertiary/aromatic N) is 4. The molecule has 0 spiro atoms. The Morgan fingerprint density at radius 1 is 0.919 bits per heavy atom. The van der Waals surface area contributed by atoms with Crippen molar-refractivity contribution in [3.8, 4) is 0 Å². The molecule has 3 heterocycles. The molecule has 1 N–H and O–H groups in total. The van der Waals surface area contributed by atoms with Crippen LogP contribution in [-0.4, -0.2) is 72.4 Å². The van der Waals surface area contributed by atoms with Crippen LogP contribution in [0.15, 0.2) is 72.9 Å². The van der Waals surface area contributed by atoms with Crippen molar-refractivity contribution in [2.24, 2.45) is 5.92 Å². The molecule has 2 aliphatic heterocycles. The Hall–Kier alpha value is -3.71. The largest absolute Gasteiger partial charge is 0.354 e. The summed E-state index contributed by atoms with van der Waals surface area (Å²) in [6.45, 7) is 8.51. The van der Waals surface area contributed by atoms with Gasteiger partial charge < -0.3 is 15.1 Å². The maximum atomic E-state index is 13.4. The molecule has 2 amide bonds. The van der Waals surface area contributed by atoms with Crippen LogP contribution in [0, 0.1) is 12.8 Å². The summed E-state index contributed by atoms with van der Waals surface area (Å²) in [4.78, 5) is 37.5. The van der Waals surface area contributed by atoms with E-state index in [9.17, 15) is 9.59 Å². The summed E-state index contributed by atoms with van der Waals surface area (Å²) >= 11 is 0. The summed E-state index contributed by atoms with van der Waals surface area (Å²) in [5.74, 6) is 1.39. The zero-order chi connectivity index (χ0) is 25.6. The molecule has 0 saturated carbocycles. The van der Waals surface area contributed by atoms with Gasteiger partial charge in [0.15, 0.2) is 0 Å². The topological polar surface area (TPSA) is 68.8 Å². The first-order valence-electron chi connectivity index (χ1n) is 13.2. The third-order valence-electron chi connectivity index (χ3n) is 7.44. The molecule has 1 aromatic heterocycles. The number of pyridine rings is 1. The van der Waals surface area contributed by atoms with Crippen molar-refractivity contribution in [1.82, 2.24) is 14.8 Å². The molecule has 0 aliphatic carbocycles. The van der Waals surface area contributed by atoms with Crippen LogP contribution < -0.4 is 10.2 Å². The number of amides is 2. The van der Waals surface area contributed by atoms with E-state index in [1.807, 2.05) is 66.6 Å². The van der Waals surface area contributed by atoms with Gasteiger partial charge in [-0.3, -0.25) is 14.5 Å². The summed E-state index contributed by atoms with van der Waals surface area (Å²) in [6.07, 6.45) is 4.02. The van der Waals surface area contributed by atoms with Crippen LogP contribution in [0.25, 0.3) is 0 Å². The van der Waals surface area contributed by atoms with Gasteiger partial charge in [-0.05, 0) is 67.6 Å². The molecule has 2 saturated heterocycles. The SMILES string of the molecule is Cc1ccc(C(=O)N2CCCC(CN3CCN(c4ccccn4)CC3)C2)cc1NC(=O)c1ccccc1. The summed E-state index contributed by atoms with van der Waals surface area (Å²) in [7, 11) is 0. The zero-order valence-electron chi connectivity index (χ0n) is 21.5. The Balaban J connectivity index is 1.17. The Kier molecular flexibility index (Phi) is 7.80. The highest BCUT2D eigenvalue weighted by Gasteiger charge is 2.28. The standard InChI is InChI=1S/C30H35N5O2/c1-23-12-13-26(20-27(23)32-29(36)25-9-3-2-4-10-25)30(37)35-15-7-8-24(22-35)21-33-16-18-34(19-17-33)28-11-5-6-14-31-28/h2-6,9-14,20,24H,7-8,15-19,21-22H2,1H3,(H,32,36). The van der Waals surface area contributed by atoms with E-state index in [2.05, 4.69) is 26.2 Å². The van der Waals surface area contributed by atoms with E-state index in [1.165, 1.54) is 0 Å². The van der Waals surface area contributed by atoms with Gasteiger partial charge in [0.1, 0.15) is 5.82 Å². The molecule has 7 nitrogen and oxygen atoms in total. The molecule has 192 valence electrons. The number of piperazine rings is 1. The number of hydrogen-bond donors (Lipinski definition) is 1. The fourth-order valence-electron chi connectivity index (χ4n) is 5.32. The minimum Gasteiger partial charge on any atom is -0.354 e. The van der Waals surface area contributed by atoms with Gasteiger partial charge >= 0.3 is 0 Å². The first-order valence-corrected chi connectivity index (χ1v) is 13.2. The molecule has 5 rings (SSSR count). The van der Waals surface area contributed by atoms with Gasteiger partial charge in [0.2, 0.25) is 0 Å². The quantitative estimate of drug-likeness (QED) is 0.550. The zero-order valence-corrected chi connectivity index (χ0v) is 21.5. The molecule has 7 heteroatoms.